The third-order valence-electron chi connectivity index (χ3n) is 6.15. The molecule has 5 nitrogen and oxygen atoms in total. The van der Waals surface area contributed by atoms with Crippen LogP contribution >= 0.6 is 11.9 Å². The van der Waals surface area contributed by atoms with Crippen molar-refractivity contribution in [3.8, 4) is 11.1 Å². The molecule has 30 heavy (non-hydrogen) atoms. The second-order valence-electron chi connectivity index (χ2n) is 7.92. The monoisotopic (exact) mass is 419 g/mol. The van der Waals surface area contributed by atoms with Gasteiger partial charge in [0.1, 0.15) is 0 Å². The summed E-state index contributed by atoms with van der Waals surface area (Å²) in [5.74, 6) is 0.505. The molecule has 1 saturated heterocycles. The number of pyridine rings is 1. The van der Waals surface area contributed by atoms with Crippen molar-refractivity contribution >= 4 is 34.4 Å². The first-order valence-corrected chi connectivity index (χ1v) is 11.3. The molecule has 1 N–H and O–H groups in total. The predicted molar refractivity (Wildman–Crippen MR) is 122 cm³/mol. The Morgan fingerprint density at radius 3 is 2.87 bits per heavy atom. The van der Waals surface area contributed by atoms with E-state index in [2.05, 4.69) is 42.8 Å². The molecule has 154 valence electrons. The van der Waals surface area contributed by atoms with Gasteiger partial charge < -0.3 is 14.4 Å². The number of nitrogens with one attached hydrogen (secondary N) is 1. The van der Waals surface area contributed by atoms with Crippen molar-refractivity contribution in [1.29, 1.82) is 0 Å². The zero-order chi connectivity index (χ0) is 20.7. The Kier molecular flexibility index (Phi) is 5.13. The van der Waals surface area contributed by atoms with Gasteiger partial charge in [-0.1, -0.05) is 19.9 Å². The Morgan fingerprint density at radius 2 is 2.07 bits per heavy atom. The van der Waals surface area contributed by atoms with E-state index in [1.807, 2.05) is 23.2 Å². The van der Waals surface area contributed by atoms with Gasteiger partial charge in [0.25, 0.3) is 5.91 Å². The maximum absolute atomic E-state index is 13.1. The number of nitrogens with zero attached hydrogens (tertiary/aromatic N) is 2. The van der Waals surface area contributed by atoms with Crippen LogP contribution in [0.25, 0.3) is 22.0 Å². The average molecular weight is 420 g/mol. The highest BCUT2D eigenvalue weighted by Crippen LogP contribution is 2.47. The molecule has 1 fully saturated rings. The lowest BCUT2D eigenvalue weighted by atomic mass is 9.89. The van der Waals surface area contributed by atoms with Gasteiger partial charge in [0.2, 0.25) is 0 Å². The lowest BCUT2D eigenvalue weighted by Crippen LogP contribution is -2.40. The first-order chi connectivity index (χ1) is 14.7. The summed E-state index contributed by atoms with van der Waals surface area (Å²) >= 11 is 1.59. The van der Waals surface area contributed by atoms with Gasteiger partial charge in [-0.15, -0.1) is 0 Å². The van der Waals surface area contributed by atoms with Crippen LogP contribution in [0.15, 0.2) is 47.5 Å². The standard InChI is InChI=1S/C24H25N3O2S/c1-3-15(2)18-14-20-19-13-16(24(28)27-9-11-29-12-10-27)6-7-21(19)30-26-23(20)22-17(18)5-4-8-25-22/h4-8,13-15,26H,3,9-12H2,1-2H3. The number of carbonyl (C=O) groups is 1. The molecule has 0 aliphatic carbocycles. The fourth-order valence-corrected chi connectivity index (χ4v) is 5.06. The minimum Gasteiger partial charge on any atom is -0.378 e. The number of amides is 1. The molecule has 2 aliphatic rings. The van der Waals surface area contributed by atoms with Crippen LogP contribution in [0.4, 0.5) is 5.69 Å². The van der Waals surface area contributed by atoms with Gasteiger partial charge in [-0.25, -0.2) is 0 Å². The second kappa shape index (κ2) is 7.93. The molecule has 1 amide bonds. The topological polar surface area (TPSA) is 54.5 Å². The summed E-state index contributed by atoms with van der Waals surface area (Å²) in [6.07, 6.45) is 2.91. The highest BCUT2D eigenvalue weighted by molar-refractivity contribution is 8.00. The Morgan fingerprint density at radius 1 is 1.23 bits per heavy atom. The lowest BCUT2D eigenvalue weighted by Gasteiger charge is -2.28. The van der Waals surface area contributed by atoms with Crippen molar-refractivity contribution in [2.24, 2.45) is 0 Å². The molecule has 3 aromatic rings. The number of carbonyl (C=O) groups excluding carboxylic acids is 1. The smallest absolute Gasteiger partial charge is 0.254 e. The Hall–Kier alpha value is -2.57. The fourth-order valence-electron chi connectivity index (χ4n) is 4.23. The SMILES string of the molecule is CCC(C)c1cc2c(c3ncccc13)NSc1ccc(C(=O)N3CCOCC3)cc1-2. The van der Waals surface area contributed by atoms with Crippen LogP contribution in [0.2, 0.25) is 0 Å². The van der Waals surface area contributed by atoms with Crippen molar-refractivity contribution in [1.82, 2.24) is 9.88 Å². The van der Waals surface area contributed by atoms with Crippen LogP contribution < -0.4 is 4.72 Å². The van der Waals surface area contributed by atoms with E-state index in [1.165, 1.54) is 10.9 Å². The summed E-state index contributed by atoms with van der Waals surface area (Å²) < 4.78 is 8.90. The lowest BCUT2D eigenvalue weighted by molar-refractivity contribution is 0.0303. The molecule has 3 heterocycles. The first-order valence-electron chi connectivity index (χ1n) is 10.5. The zero-order valence-corrected chi connectivity index (χ0v) is 18.1. The van der Waals surface area contributed by atoms with Crippen LogP contribution in [-0.2, 0) is 4.74 Å². The molecular formula is C24H25N3O2S. The van der Waals surface area contributed by atoms with Crippen molar-refractivity contribution in [2.45, 2.75) is 31.1 Å². The molecule has 1 unspecified atom stereocenters. The van der Waals surface area contributed by atoms with Gasteiger partial charge in [-0.3, -0.25) is 9.78 Å². The Balaban J connectivity index is 1.65. The number of morpholine rings is 1. The van der Waals surface area contributed by atoms with Crippen LogP contribution in [0.1, 0.15) is 42.1 Å². The number of aromatic nitrogens is 1. The van der Waals surface area contributed by atoms with Gasteiger partial charge >= 0.3 is 0 Å². The largest absolute Gasteiger partial charge is 0.378 e. The number of anilines is 1. The number of benzene rings is 2. The molecular weight excluding hydrogens is 394 g/mol. The van der Waals surface area contributed by atoms with E-state index >= 15 is 0 Å². The maximum Gasteiger partial charge on any atom is 0.254 e. The van der Waals surface area contributed by atoms with Crippen molar-refractivity contribution in [3.05, 3.63) is 53.7 Å². The minimum absolute atomic E-state index is 0.0762. The predicted octanol–water partition coefficient (Wildman–Crippen LogP) is 5.32. The molecule has 2 aromatic carbocycles. The van der Waals surface area contributed by atoms with Gasteiger partial charge in [0.15, 0.2) is 0 Å². The average Bonchev–Trinajstić information content (AvgIpc) is 2.82. The summed E-state index contributed by atoms with van der Waals surface area (Å²) in [6, 6.07) is 12.5. The van der Waals surface area contributed by atoms with E-state index < -0.39 is 0 Å². The van der Waals surface area contributed by atoms with Crippen molar-refractivity contribution in [2.75, 3.05) is 31.0 Å². The van der Waals surface area contributed by atoms with E-state index in [4.69, 9.17) is 9.72 Å². The highest BCUT2D eigenvalue weighted by atomic mass is 32.2. The molecule has 0 bridgehead atoms. The van der Waals surface area contributed by atoms with Crippen LogP contribution in [0, 0.1) is 0 Å². The van der Waals surface area contributed by atoms with E-state index in [9.17, 15) is 4.79 Å². The molecule has 0 spiro atoms. The van der Waals surface area contributed by atoms with E-state index in [0.29, 0.717) is 32.2 Å². The highest BCUT2D eigenvalue weighted by Gasteiger charge is 2.25. The van der Waals surface area contributed by atoms with Crippen molar-refractivity contribution < 1.29 is 9.53 Å². The van der Waals surface area contributed by atoms with E-state index in [1.54, 1.807) is 11.9 Å². The summed E-state index contributed by atoms with van der Waals surface area (Å²) in [4.78, 5) is 20.8. The second-order valence-corrected chi connectivity index (χ2v) is 8.76. The quantitative estimate of drug-likeness (QED) is 0.582. The van der Waals surface area contributed by atoms with Gasteiger partial charge in [0.05, 0.1) is 24.4 Å². The summed E-state index contributed by atoms with van der Waals surface area (Å²) in [5, 5.41) is 1.20. The Bertz CT molecular complexity index is 1120. The molecule has 5 rings (SSSR count). The summed E-state index contributed by atoms with van der Waals surface area (Å²) in [7, 11) is 0. The molecule has 0 saturated carbocycles. The molecule has 2 aliphatic heterocycles. The normalized spacial score (nSPS) is 16.5. The molecule has 1 aromatic heterocycles. The fraction of sp³-hybridized carbons (Fsp3) is 0.333. The number of hydrogen-bond acceptors (Lipinski definition) is 5. The van der Waals surface area contributed by atoms with Gasteiger partial charge in [-0.2, -0.15) is 0 Å². The van der Waals surface area contributed by atoms with E-state index in [-0.39, 0.29) is 5.91 Å². The number of ether oxygens (including phenoxy) is 1. The van der Waals surface area contributed by atoms with Gasteiger partial charge in [0, 0.05) is 46.3 Å². The molecule has 6 heteroatoms. The van der Waals surface area contributed by atoms with Crippen molar-refractivity contribution in [3.63, 3.8) is 0 Å². The maximum atomic E-state index is 13.1. The third-order valence-corrected chi connectivity index (χ3v) is 7.03. The minimum atomic E-state index is 0.0762. The number of fused-ring (bicyclic) bond motifs is 5. The van der Waals surface area contributed by atoms with Crippen LogP contribution in [-0.4, -0.2) is 42.1 Å². The molecule has 1 atom stereocenters. The summed E-state index contributed by atoms with van der Waals surface area (Å²) in [6.45, 7) is 6.99. The van der Waals surface area contributed by atoms with Crippen LogP contribution in [0.3, 0.4) is 0 Å². The number of rotatable bonds is 3. The third kappa shape index (κ3) is 3.24. The number of hydrogen-bond donors (Lipinski definition) is 1. The van der Waals surface area contributed by atoms with Gasteiger partial charge in [-0.05, 0) is 60.2 Å². The Labute approximate surface area is 181 Å². The summed E-state index contributed by atoms with van der Waals surface area (Å²) in [5.41, 5.74) is 6.30. The van der Waals surface area contributed by atoms with Crippen LogP contribution in [0.5, 0.6) is 0 Å². The zero-order valence-electron chi connectivity index (χ0n) is 17.3. The van der Waals surface area contributed by atoms with E-state index in [0.717, 1.165) is 39.2 Å². The molecule has 0 radical (unpaired) electrons. The first kappa shape index (κ1) is 19.4.